The smallest absolute Gasteiger partial charge is 0.252 e. The van der Waals surface area contributed by atoms with Crippen molar-refractivity contribution >= 4 is 21.4 Å². The fourth-order valence-corrected chi connectivity index (χ4v) is 5.55. The summed E-state index contributed by atoms with van der Waals surface area (Å²) in [6.07, 6.45) is 3.14. The van der Waals surface area contributed by atoms with Gasteiger partial charge < -0.3 is 5.32 Å². The largest absolute Gasteiger partial charge is 0.316 e. The Labute approximate surface area is 126 Å². The molecular weight excluding hydrogens is 292 g/mol. The first kappa shape index (κ1) is 15.9. The summed E-state index contributed by atoms with van der Waals surface area (Å²) in [7, 11) is -3.32. The molecule has 1 saturated heterocycles. The van der Waals surface area contributed by atoms with Gasteiger partial charge in [-0.25, -0.2) is 8.42 Å². The Hall–Kier alpha value is -0.430. The molecule has 0 aliphatic carbocycles. The van der Waals surface area contributed by atoms with Crippen LogP contribution < -0.4 is 5.32 Å². The fraction of sp³-hybridized carbons (Fsp3) is 0.714. The molecule has 0 aromatic carbocycles. The number of piperidine rings is 1. The fourth-order valence-electron chi connectivity index (χ4n) is 2.58. The highest BCUT2D eigenvalue weighted by atomic mass is 32.2. The summed E-state index contributed by atoms with van der Waals surface area (Å²) in [6.45, 7) is 7.12. The molecule has 4 nitrogen and oxygen atoms in total. The first-order valence-electron chi connectivity index (χ1n) is 7.37. The van der Waals surface area contributed by atoms with Crippen LogP contribution in [-0.2, 0) is 16.4 Å². The lowest BCUT2D eigenvalue weighted by molar-refractivity contribution is 0.298. The standard InChI is InChI=1S/C14H24N2O2S2/c1-3-13-7-8-14(19-13)20(17,18)16(4-2)11-12-6-5-9-15-10-12/h7-8,12,15H,3-6,9-11H2,1-2H3. The SMILES string of the molecule is CCc1ccc(S(=O)(=O)N(CC)CC2CCCNC2)s1. The highest BCUT2D eigenvalue weighted by Gasteiger charge is 2.27. The quantitative estimate of drug-likeness (QED) is 0.876. The van der Waals surface area contributed by atoms with Crippen molar-refractivity contribution in [1.29, 1.82) is 0 Å². The number of aryl methyl sites for hydroxylation is 1. The molecule has 1 aromatic heterocycles. The molecule has 1 aliphatic heterocycles. The third-order valence-corrected chi connectivity index (χ3v) is 7.43. The summed E-state index contributed by atoms with van der Waals surface area (Å²) in [5, 5.41) is 3.35. The number of rotatable bonds is 6. The average Bonchev–Trinajstić information content (AvgIpc) is 2.95. The minimum atomic E-state index is -3.32. The van der Waals surface area contributed by atoms with Crippen molar-refractivity contribution in [2.24, 2.45) is 5.92 Å². The molecule has 0 saturated carbocycles. The third-order valence-electron chi connectivity index (χ3n) is 3.79. The number of hydrogen-bond acceptors (Lipinski definition) is 4. The van der Waals surface area contributed by atoms with Crippen molar-refractivity contribution < 1.29 is 8.42 Å². The molecule has 114 valence electrons. The van der Waals surface area contributed by atoms with Gasteiger partial charge in [-0.1, -0.05) is 13.8 Å². The summed E-state index contributed by atoms with van der Waals surface area (Å²) in [5.74, 6) is 0.434. The minimum Gasteiger partial charge on any atom is -0.316 e. The van der Waals surface area contributed by atoms with Crippen LogP contribution in [-0.4, -0.2) is 38.9 Å². The maximum Gasteiger partial charge on any atom is 0.252 e. The van der Waals surface area contributed by atoms with Crippen LogP contribution in [0.2, 0.25) is 0 Å². The van der Waals surface area contributed by atoms with Crippen LogP contribution in [0.4, 0.5) is 0 Å². The van der Waals surface area contributed by atoms with E-state index in [-0.39, 0.29) is 0 Å². The third kappa shape index (κ3) is 3.61. The Kier molecular flexibility index (Phi) is 5.60. The van der Waals surface area contributed by atoms with Crippen molar-refractivity contribution in [3.8, 4) is 0 Å². The van der Waals surface area contributed by atoms with E-state index >= 15 is 0 Å². The van der Waals surface area contributed by atoms with Crippen LogP contribution in [0.5, 0.6) is 0 Å². The van der Waals surface area contributed by atoms with Gasteiger partial charge in [-0.15, -0.1) is 11.3 Å². The Morgan fingerprint density at radius 1 is 1.40 bits per heavy atom. The van der Waals surface area contributed by atoms with Gasteiger partial charge in [0.15, 0.2) is 0 Å². The molecule has 0 radical (unpaired) electrons. The van der Waals surface area contributed by atoms with E-state index in [1.54, 1.807) is 10.4 Å². The molecule has 1 unspecified atom stereocenters. The summed E-state index contributed by atoms with van der Waals surface area (Å²) in [6, 6.07) is 3.67. The van der Waals surface area contributed by atoms with E-state index in [1.165, 1.54) is 11.3 Å². The van der Waals surface area contributed by atoms with Crippen LogP contribution in [0.25, 0.3) is 0 Å². The zero-order valence-electron chi connectivity index (χ0n) is 12.3. The van der Waals surface area contributed by atoms with Crippen LogP contribution in [0.1, 0.15) is 31.6 Å². The number of nitrogens with one attached hydrogen (secondary N) is 1. The van der Waals surface area contributed by atoms with Crippen molar-refractivity contribution in [1.82, 2.24) is 9.62 Å². The maximum absolute atomic E-state index is 12.7. The molecule has 0 spiro atoms. The van der Waals surface area contributed by atoms with E-state index in [0.29, 0.717) is 23.2 Å². The summed E-state index contributed by atoms with van der Waals surface area (Å²) in [5.41, 5.74) is 0. The molecule has 2 heterocycles. The number of sulfonamides is 1. The van der Waals surface area contributed by atoms with Gasteiger partial charge in [0.25, 0.3) is 10.0 Å². The predicted molar refractivity (Wildman–Crippen MR) is 83.7 cm³/mol. The predicted octanol–water partition coefficient (Wildman–Crippen LogP) is 2.32. The second-order valence-electron chi connectivity index (χ2n) is 5.24. The highest BCUT2D eigenvalue weighted by molar-refractivity contribution is 7.91. The lowest BCUT2D eigenvalue weighted by Gasteiger charge is -2.28. The Bertz CT molecular complexity index is 519. The average molecular weight is 316 g/mol. The van der Waals surface area contributed by atoms with E-state index in [4.69, 9.17) is 0 Å². The van der Waals surface area contributed by atoms with Crippen LogP contribution >= 0.6 is 11.3 Å². The zero-order chi connectivity index (χ0) is 14.6. The number of nitrogens with zero attached hydrogens (tertiary/aromatic N) is 1. The van der Waals surface area contributed by atoms with Crippen LogP contribution in [0.15, 0.2) is 16.3 Å². The summed E-state index contributed by atoms with van der Waals surface area (Å²) < 4.78 is 27.5. The van der Waals surface area contributed by atoms with Gasteiger partial charge in [0, 0.05) is 18.0 Å². The van der Waals surface area contributed by atoms with Gasteiger partial charge in [0.05, 0.1) is 0 Å². The molecule has 2 rings (SSSR count). The van der Waals surface area contributed by atoms with Gasteiger partial charge in [-0.2, -0.15) is 4.31 Å². The summed E-state index contributed by atoms with van der Waals surface area (Å²) >= 11 is 1.40. The van der Waals surface area contributed by atoms with Gasteiger partial charge in [-0.05, 0) is 50.4 Å². The Balaban J connectivity index is 2.11. The monoisotopic (exact) mass is 316 g/mol. The van der Waals surface area contributed by atoms with E-state index in [9.17, 15) is 8.42 Å². The second-order valence-corrected chi connectivity index (χ2v) is 8.58. The molecule has 0 bridgehead atoms. The maximum atomic E-state index is 12.7. The first-order chi connectivity index (χ1) is 9.57. The van der Waals surface area contributed by atoms with Crippen molar-refractivity contribution in [2.75, 3.05) is 26.2 Å². The zero-order valence-corrected chi connectivity index (χ0v) is 13.9. The normalized spacial score (nSPS) is 20.4. The van der Waals surface area contributed by atoms with E-state index in [0.717, 1.165) is 37.2 Å². The molecule has 0 amide bonds. The Morgan fingerprint density at radius 2 is 2.20 bits per heavy atom. The lowest BCUT2D eigenvalue weighted by atomic mass is 10.00. The van der Waals surface area contributed by atoms with Crippen molar-refractivity contribution in [3.63, 3.8) is 0 Å². The van der Waals surface area contributed by atoms with Crippen LogP contribution in [0.3, 0.4) is 0 Å². The lowest BCUT2D eigenvalue weighted by Crippen LogP contribution is -2.40. The van der Waals surface area contributed by atoms with Gasteiger partial charge in [-0.3, -0.25) is 0 Å². The van der Waals surface area contributed by atoms with E-state index in [1.807, 2.05) is 19.9 Å². The first-order valence-corrected chi connectivity index (χ1v) is 9.63. The van der Waals surface area contributed by atoms with Gasteiger partial charge >= 0.3 is 0 Å². The molecule has 1 aliphatic rings. The molecule has 1 aromatic rings. The summed E-state index contributed by atoms with van der Waals surface area (Å²) in [4.78, 5) is 1.12. The van der Waals surface area contributed by atoms with Crippen molar-refractivity contribution in [3.05, 3.63) is 17.0 Å². The van der Waals surface area contributed by atoms with Crippen molar-refractivity contribution in [2.45, 2.75) is 37.3 Å². The van der Waals surface area contributed by atoms with E-state index in [2.05, 4.69) is 5.32 Å². The molecule has 1 atom stereocenters. The second kappa shape index (κ2) is 7.02. The highest BCUT2D eigenvalue weighted by Crippen LogP contribution is 2.26. The molecule has 1 N–H and O–H groups in total. The molecular formula is C14H24N2O2S2. The van der Waals surface area contributed by atoms with Crippen LogP contribution in [0, 0.1) is 5.92 Å². The number of hydrogen-bond donors (Lipinski definition) is 1. The minimum absolute atomic E-state index is 0.434. The van der Waals surface area contributed by atoms with Gasteiger partial charge in [0.2, 0.25) is 0 Å². The molecule has 1 fully saturated rings. The Morgan fingerprint density at radius 3 is 2.75 bits per heavy atom. The molecule has 20 heavy (non-hydrogen) atoms. The number of thiophene rings is 1. The van der Waals surface area contributed by atoms with E-state index < -0.39 is 10.0 Å². The topological polar surface area (TPSA) is 49.4 Å². The molecule has 6 heteroatoms. The van der Waals surface area contributed by atoms with Gasteiger partial charge in [0.1, 0.15) is 4.21 Å².